The molecule has 0 spiro atoms. The van der Waals surface area contributed by atoms with Crippen LogP contribution in [0.15, 0.2) is 72.8 Å². The number of benzene rings is 3. The molecule has 0 heterocycles. The van der Waals surface area contributed by atoms with Gasteiger partial charge >= 0.3 is 0 Å². The van der Waals surface area contributed by atoms with Gasteiger partial charge in [0.2, 0.25) is 0 Å². The summed E-state index contributed by atoms with van der Waals surface area (Å²) in [4.78, 5) is 26.6. The Morgan fingerprint density at radius 2 is 1.43 bits per heavy atom. The van der Waals surface area contributed by atoms with E-state index in [-0.39, 0.29) is 42.5 Å². The number of nitrogen functional groups attached to an aromatic ring is 1. The first-order valence-electron chi connectivity index (χ1n) is 12.9. The highest BCUT2D eigenvalue weighted by Gasteiger charge is 2.24. The molecular formula is C30H37ClN4O5. The highest BCUT2D eigenvalue weighted by molar-refractivity contribution is 6.08. The Morgan fingerprint density at radius 3 is 2.00 bits per heavy atom. The number of rotatable bonds is 15. The lowest BCUT2D eigenvalue weighted by Gasteiger charge is -2.27. The largest absolute Gasteiger partial charge is 0.494 e. The number of amides is 2. The number of nitrogens with two attached hydrogens (primary N) is 2. The standard InChI is InChI=1S/C30H36N4O5.ClH/c1-21(2)34(23-9-5-3-6-10-23)30(36)26-16-15-25(19-27(26)39-20-28(31)35)38-18-8-4-7-17-37-24-13-11-22(12-14-24)29(32)33;/h3,5-6,9-16,19,21H,4,7-8,17-18,20H2,1-2H3,(H2,31,35)(H3,32,33);1H. The Morgan fingerprint density at radius 1 is 0.825 bits per heavy atom. The Balaban J connectivity index is 0.00000560. The predicted molar refractivity (Wildman–Crippen MR) is 159 cm³/mol. The van der Waals surface area contributed by atoms with Crippen LogP contribution in [0.2, 0.25) is 0 Å². The fourth-order valence-corrected chi connectivity index (χ4v) is 3.90. The molecule has 0 aliphatic carbocycles. The Labute approximate surface area is 241 Å². The lowest BCUT2D eigenvalue weighted by molar-refractivity contribution is -0.119. The molecule has 0 radical (unpaired) electrons. The average molecular weight is 569 g/mol. The van der Waals surface area contributed by atoms with Gasteiger partial charge in [0, 0.05) is 23.4 Å². The highest BCUT2D eigenvalue weighted by Crippen LogP contribution is 2.29. The Bertz CT molecular complexity index is 1250. The van der Waals surface area contributed by atoms with Gasteiger partial charge < -0.3 is 30.6 Å². The first-order chi connectivity index (χ1) is 18.8. The fourth-order valence-electron chi connectivity index (χ4n) is 3.90. The van der Waals surface area contributed by atoms with Crippen molar-refractivity contribution >= 4 is 35.7 Å². The van der Waals surface area contributed by atoms with E-state index in [1.807, 2.05) is 44.2 Å². The number of nitrogens with zero attached hydrogens (tertiary/aromatic N) is 1. The van der Waals surface area contributed by atoms with Crippen molar-refractivity contribution in [3.63, 3.8) is 0 Å². The molecule has 0 aliphatic heterocycles. The van der Waals surface area contributed by atoms with Crippen LogP contribution in [-0.4, -0.2) is 43.5 Å². The van der Waals surface area contributed by atoms with Crippen LogP contribution in [-0.2, 0) is 4.79 Å². The summed E-state index contributed by atoms with van der Waals surface area (Å²) in [6.45, 7) is 4.55. The van der Waals surface area contributed by atoms with Crippen LogP contribution in [0.25, 0.3) is 0 Å². The first kappa shape index (κ1) is 32.0. The van der Waals surface area contributed by atoms with Gasteiger partial charge in [-0.05, 0) is 81.6 Å². The van der Waals surface area contributed by atoms with Crippen LogP contribution in [0.3, 0.4) is 0 Å². The minimum atomic E-state index is -0.638. The minimum Gasteiger partial charge on any atom is -0.494 e. The second kappa shape index (κ2) is 16.0. The number of anilines is 1. The molecule has 0 unspecified atom stereocenters. The van der Waals surface area contributed by atoms with Crippen LogP contribution in [0.4, 0.5) is 5.69 Å². The van der Waals surface area contributed by atoms with Gasteiger partial charge in [0.15, 0.2) is 6.61 Å². The summed E-state index contributed by atoms with van der Waals surface area (Å²) in [5, 5.41) is 7.43. The zero-order valence-corrected chi connectivity index (χ0v) is 23.6. The second-order valence-electron chi connectivity index (χ2n) is 9.21. The maximum atomic E-state index is 13.5. The van der Waals surface area contributed by atoms with Crippen LogP contribution in [0, 0.1) is 5.41 Å². The molecule has 2 amide bonds. The van der Waals surface area contributed by atoms with E-state index in [1.54, 1.807) is 47.4 Å². The number of nitrogens with one attached hydrogen (secondary N) is 1. The smallest absolute Gasteiger partial charge is 0.262 e. The Hall–Kier alpha value is -4.24. The zero-order valence-electron chi connectivity index (χ0n) is 22.8. The van der Waals surface area contributed by atoms with E-state index in [2.05, 4.69) is 0 Å². The number of hydrogen-bond acceptors (Lipinski definition) is 6. The highest BCUT2D eigenvalue weighted by atomic mass is 35.5. The molecule has 3 aromatic carbocycles. The summed E-state index contributed by atoms with van der Waals surface area (Å²) in [5.41, 5.74) is 12.5. The molecule has 3 rings (SSSR count). The molecule has 9 nitrogen and oxygen atoms in total. The summed E-state index contributed by atoms with van der Waals surface area (Å²) >= 11 is 0. The van der Waals surface area contributed by atoms with E-state index < -0.39 is 5.91 Å². The van der Waals surface area contributed by atoms with Crippen molar-refractivity contribution in [2.45, 2.75) is 39.2 Å². The molecule has 0 saturated heterocycles. The van der Waals surface area contributed by atoms with Crippen molar-refractivity contribution in [2.75, 3.05) is 24.7 Å². The van der Waals surface area contributed by atoms with E-state index in [4.69, 9.17) is 31.1 Å². The van der Waals surface area contributed by atoms with E-state index >= 15 is 0 Å². The van der Waals surface area contributed by atoms with Gasteiger partial charge in [0.05, 0.1) is 18.8 Å². The van der Waals surface area contributed by atoms with E-state index in [0.29, 0.717) is 30.1 Å². The molecule has 3 aromatic rings. The fraction of sp³-hybridized carbons (Fsp3) is 0.300. The number of amidine groups is 1. The number of primary amides is 1. The van der Waals surface area contributed by atoms with Gasteiger partial charge in [-0.2, -0.15) is 0 Å². The summed E-state index contributed by atoms with van der Waals surface area (Å²) in [6.07, 6.45) is 2.55. The zero-order chi connectivity index (χ0) is 28.2. The number of hydrogen-bond donors (Lipinski definition) is 3. The maximum absolute atomic E-state index is 13.5. The van der Waals surface area contributed by atoms with Gasteiger partial charge in [-0.15, -0.1) is 12.4 Å². The van der Waals surface area contributed by atoms with Gasteiger partial charge in [-0.1, -0.05) is 18.2 Å². The monoisotopic (exact) mass is 568 g/mol. The van der Waals surface area contributed by atoms with Crippen LogP contribution >= 0.6 is 12.4 Å². The van der Waals surface area contributed by atoms with E-state index in [0.717, 1.165) is 30.7 Å². The molecule has 0 saturated carbocycles. The third kappa shape index (κ3) is 9.50. The molecule has 0 aromatic heterocycles. The lowest BCUT2D eigenvalue weighted by Crippen LogP contribution is -2.37. The van der Waals surface area contributed by atoms with E-state index in [1.165, 1.54) is 0 Å². The van der Waals surface area contributed by atoms with Gasteiger partial charge in [-0.25, -0.2) is 0 Å². The van der Waals surface area contributed by atoms with Crippen molar-refractivity contribution in [2.24, 2.45) is 11.5 Å². The third-order valence-electron chi connectivity index (χ3n) is 5.81. The van der Waals surface area contributed by atoms with Crippen molar-refractivity contribution < 1.29 is 23.8 Å². The van der Waals surface area contributed by atoms with Crippen molar-refractivity contribution in [1.82, 2.24) is 0 Å². The summed E-state index contributed by atoms with van der Waals surface area (Å²) in [6, 6.07) is 21.4. The second-order valence-corrected chi connectivity index (χ2v) is 9.21. The topological polar surface area (TPSA) is 141 Å². The quantitative estimate of drug-likeness (QED) is 0.135. The number of carbonyl (C=O) groups is 2. The third-order valence-corrected chi connectivity index (χ3v) is 5.81. The van der Waals surface area contributed by atoms with Crippen molar-refractivity contribution in [3.8, 4) is 17.2 Å². The van der Waals surface area contributed by atoms with E-state index in [9.17, 15) is 9.59 Å². The summed E-state index contributed by atoms with van der Waals surface area (Å²) in [7, 11) is 0. The molecular weight excluding hydrogens is 532 g/mol. The molecule has 0 aliphatic rings. The van der Waals surface area contributed by atoms with Crippen LogP contribution < -0.4 is 30.6 Å². The van der Waals surface area contributed by atoms with Crippen LogP contribution in [0.1, 0.15) is 49.0 Å². The predicted octanol–water partition coefficient (Wildman–Crippen LogP) is 4.94. The van der Waals surface area contributed by atoms with Crippen molar-refractivity contribution in [1.29, 1.82) is 5.41 Å². The number of halogens is 1. The SMILES string of the molecule is CC(C)N(C(=O)c1ccc(OCCCCCOc2ccc(C(=N)N)cc2)cc1OCC(N)=O)c1ccccc1.Cl. The molecule has 0 bridgehead atoms. The number of ether oxygens (including phenoxy) is 3. The van der Waals surface area contributed by atoms with Gasteiger partial charge in [-0.3, -0.25) is 15.0 Å². The normalized spacial score (nSPS) is 10.4. The molecule has 40 heavy (non-hydrogen) atoms. The number of carbonyl (C=O) groups excluding carboxylic acids is 2. The van der Waals surface area contributed by atoms with Crippen molar-refractivity contribution in [3.05, 3.63) is 83.9 Å². The molecule has 214 valence electrons. The Kier molecular flexibility index (Phi) is 12.8. The minimum absolute atomic E-state index is 0. The van der Waals surface area contributed by atoms with Crippen LogP contribution in [0.5, 0.6) is 17.2 Å². The molecule has 10 heteroatoms. The van der Waals surface area contributed by atoms with Gasteiger partial charge in [0.1, 0.15) is 23.1 Å². The van der Waals surface area contributed by atoms with Gasteiger partial charge in [0.25, 0.3) is 11.8 Å². The molecule has 0 fully saturated rings. The summed E-state index contributed by atoms with van der Waals surface area (Å²) < 4.78 is 17.2. The first-order valence-corrected chi connectivity index (χ1v) is 12.9. The maximum Gasteiger partial charge on any atom is 0.262 e. The number of unbranched alkanes of at least 4 members (excludes halogenated alkanes) is 2. The molecule has 5 N–H and O–H groups in total. The number of para-hydroxylation sites is 1. The molecule has 0 atom stereocenters. The lowest BCUT2D eigenvalue weighted by atomic mass is 10.1. The average Bonchev–Trinajstić information content (AvgIpc) is 2.92. The summed E-state index contributed by atoms with van der Waals surface area (Å²) in [5.74, 6) is 0.640.